The summed E-state index contributed by atoms with van der Waals surface area (Å²) < 4.78 is 32.8. The quantitative estimate of drug-likeness (QED) is 0.696. The lowest BCUT2D eigenvalue weighted by Gasteiger charge is -2.30. The second kappa shape index (κ2) is 6.57. The Kier molecular flexibility index (Phi) is 4.62. The van der Waals surface area contributed by atoms with Crippen LogP contribution in [0.5, 0.6) is 0 Å². The zero-order chi connectivity index (χ0) is 18.2. The van der Waals surface area contributed by atoms with Gasteiger partial charge < -0.3 is 4.52 Å². The molecule has 2 aromatic heterocycles. The first kappa shape index (κ1) is 17.6. The summed E-state index contributed by atoms with van der Waals surface area (Å²) in [7, 11) is -2.11. The monoisotopic (exact) mass is 359 g/mol. The van der Waals surface area contributed by atoms with Gasteiger partial charge in [0, 0.05) is 7.05 Å². The average molecular weight is 359 g/mol. The highest BCUT2D eigenvalue weighted by Crippen LogP contribution is 2.32. The zero-order valence-corrected chi connectivity index (χ0v) is 15.5. The molecule has 1 atom stereocenters. The van der Waals surface area contributed by atoms with Crippen molar-refractivity contribution in [3.05, 3.63) is 53.9 Å². The van der Waals surface area contributed by atoms with Crippen molar-refractivity contribution in [3.8, 4) is 0 Å². The Bertz CT molecular complexity index is 981. The van der Waals surface area contributed by atoms with E-state index in [2.05, 4.69) is 10.1 Å². The molecule has 0 aliphatic heterocycles. The lowest BCUT2D eigenvalue weighted by Crippen LogP contribution is -2.34. The Labute approximate surface area is 147 Å². The van der Waals surface area contributed by atoms with Crippen molar-refractivity contribution >= 4 is 21.1 Å². The van der Waals surface area contributed by atoms with E-state index in [1.807, 2.05) is 44.2 Å². The molecule has 0 aliphatic rings. The lowest BCUT2D eigenvalue weighted by atomic mass is 9.96. The van der Waals surface area contributed by atoms with E-state index in [0.717, 1.165) is 5.56 Å². The summed E-state index contributed by atoms with van der Waals surface area (Å²) in [6.07, 6.45) is 1.32. The van der Waals surface area contributed by atoms with Crippen molar-refractivity contribution in [2.24, 2.45) is 5.92 Å². The largest absolute Gasteiger partial charge is 0.336 e. The maximum Gasteiger partial charge on any atom is 0.257 e. The first-order valence-corrected chi connectivity index (χ1v) is 9.51. The highest BCUT2D eigenvalue weighted by atomic mass is 32.2. The fraction of sp³-hybridized carbons (Fsp3) is 0.333. The standard InChI is InChI=1S/C18H21N3O3S/c1-12(2)17(14-8-6-5-7-9-14)21(4)25(22,23)15-10-16-13(3)20-24-18(16)19-11-15/h5-12,17H,1-4H3. The van der Waals surface area contributed by atoms with E-state index in [1.165, 1.54) is 10.5 Å². The molecule has 7 heteroatoms. The van der Waals surface area contributed by atoms with Crippen LogP contribution >= 0.6 is 0 Å². The molecule has 0 bridgehead atoms. The normalized spacial score (nSPS) is 13.7. The van der Waals surface area contributed by atoms with Crippen LogP contribution in [0, 0.1) is 12.8 Å². The zero-order valence-electron chi connectivity index (χ0n) is 14.7. The predicted molar refractivity (Wildman–Crippen MR) is 95.5 cm³/mol. The third kappa shape index (κ3) is 3.17. The molecule has 0 aliphatic carbocycles. The summed E-state index contributed by atoms with van der Waals surface area (Å²) in [6, 6.07) is 10.9. The van der Waals surface area contributed by atoms with Crippen molar-refractivity contribution < 1.29 is 12.9 Å². The van der Waals surface area contributed by atoms with Gasteiger partial charge in [-0.3, -0.25) is 0 Å². The van der Waals surface area contributed by atoms with Crippen LogP contribution in [0.25, 0.3) is 11.1 Å². The number of hydrogen-bond acceptors (Lipinski definition) is 5. The van der Waals surface area contributed by atoms with Gasteiger partial charge in [0.2, 0.25) is 10.0 Å². The smallest absolute Gasteiger partial charge is 0.257 e. The molecule has 2 heterocycles. The number of benzene rings is 1. The number of aryl methyl sites for hydroxylation is 1. The van der Waals surface area contributed by atoms with Crippen LogP contribution in [0.2, 0.25) is 0 Å². The summed E-state index contributed by atoms with van der Waals surface area (Å²) in [5.41, 5.74) is 1.91. The molecule has 0 spiro atoms. The van der Waals surface area contributed by atoms with E-state index < -0.39 is 10.0 Å². The first-order chi connectivity index (χ1) is 11.8. The topological polar surface area (TPSA) is 76.3 Å². The average Bonchev–Trinajstić information content (AvgIpc) is 2.96. The molecule has 3 rings (SSSR count). The van der Waals surface area contributed by atoms with Gasteiger partial charge in [0.05, 0.1) is 23.3 Å². The second-order valence-corrected chi connectivity index (χ2v) is 8.41. The van der Waals surface area contributed by atoms with E-state index in [4.69, 9.17) is 4.52 Å². The van der Waals surface area contributed by atoms with Crippen LogP contribution in [-0.2, 0) is 10.0 Å². The van der Waals surface area contributed by atoms with Gasteiger partial charge in [0.25, 0.3) is 5.71 Å². The van der Waals surface area contributed by atoms with E-state index in [9.17, 15) is 8.42 Å². The van der Waals surface area contributed by atoms with Gasteiger partial charge in [-0.05, 0) is 24.5 Å². The summed E-state index contributed by atoms with van der Waals surface area (Å²) in [4.78, 5) is 4.23. The number of hydrogen-bond donors (Lipinski definition) is 0. The highest BCUT2D eigenvalue weighted by molar-refractivity contribution is 7.89. The summed E-state index contributed by atoms with van der Waals surface area (Å²) in [5, 5.41) is 4.44. The fourth-order valence-electron chi connectivity index (χ4n) is 3.05. The van der Waals surface area contributed by atoms with Gasteiger partial charge in [-0.2, -0.15) is 4.31 Å². The Hall–Kier alpha value is -2.25. The van der Waals surface area contributed by atoms with E-state index in [-0.39, 0.29) is 16.9 Å². The van der Waals surface area contributed by atoms with Gasteiger partial charge >= 0.3 is 0 Å². The fourth-order valence-corrected chi connectivity index (χ4v) is 4.50. The molecule has 0 saturated heterocycles. The number of sulfonamides is 1. The number of pyridine rings is 1. The van der Waals surface area contributed by atoms with Gasteiger partial charge in [-0.25, -0.2) is 13.4 Å². The van der Waals surface area contributed by atoms with Crippen molar-refractivity contribution in [3.63, 3.8) is 0 Å². The van der Waals surface area contributed by atoms with Crippen LogP contribution in [0.15, 0.2) is 52.0 Å². The predicted octanol–water partition coefficient (Wildman–Crippen LogP) is 3.55. The summed E-state index contributed by atoms with van der Waals surface area (Å²) in [5.74, 6) is 0.108. The van der Waals surface area contributed by atoms with E-state index in [1.54, 1.807) is 20.0 Å². The molecular weight excluding hydrogens is 338 g/mol. The lowest BCUT2D eigenvalue weighted by molar-refractivity contribution is 0.300. The van der Waals surface area contributed by atoms with E-state index in [0.29, 0.717) is 16.8 Å². The Morgan fingerprint density at radius 2 is 1.84 bits per heavy atom. The summed E-state index contributed by atoms with van der Waals surface area (Å²) in [6.45, 7) is 5.78. The number of fused-ring (bicyclic) bond motifs is 1. The van der Waals surface area contributed by atoms with Crippen LogP contribution in [0.1, 0.15) is 31.1 Å². The molecule has 25 heavy (non-hydrogen) atoms. The van der Waals surface area contributed by atoms with Crippen molar-refractivity contribution in [1.82, 2.24) is 14.4 Å². The van der Waals surface area contributed by atoms with E-state index >= 15 is 0 Å². The minimum absolute atomic E-state index is 0.108. The molecule has 6 nitrogen and oxygen atoms in total. The van der Waals surface area contributed by atoms with Crippen LogP contribution in [0.3, 0.4) is 0 Å². The Morgan fingerprint density at radius 1 is 1.16 bits per heavy atom. The molecule has 132 valence electrons. The van der Waals surface area contributed by atoms with Gasteiger partial charge in [-0.1, -0.05) is 49.3 Å². The molecule has 0 fully saturated rings. The van der Waals surface area contributed by atoms with Crippen LogP contribution in [-0.4, -0.2) is 29.9 Å². The number of rotatable bonds is 5. The molecule has 0 radical (unpaired) electrons. The molecule has 0 N–H and O–H groups in total. The Balaban J connectivity index is 2.05. The second-order valence-electron chi connectivity index (χ2n) is 6.41. The third-order valence-electron chi connectivity index (χ3n) is 4.33. The number of aromatic nitrogens is 2. The van der Waals surface area contributed by atoms with Crippen LogP contribution < -0.4 is 0 Å². The number of nitrogens with zero attached hydrogens (tertiary/aromatic N) is 3. The third-order valence-corrected chi connectivity index (χ3v) is 6.13. The first-order valence-electron chi connectivity index (χ1n) is 8.07. The molecule has 3 aromatic rings. The van der Waals surface area contributed by atoms with Crippen molar-refractivity contribution in [2.45, 2.75) is 31.7 Å². The molecule has 1 aromatic carbocycles. The van der Waals surface area contributed by atoms with Crippen molar-refractivity contribution in [2.75, 3.05) is 7.05 Å². The molecule has 0 amide bonds. The van der Waals surface area contributed by atoms with Crippen LogP contribution in [0.4, 0.5) is 0 Å². The minimum Gasteiger partial charge on any atom is -0.336 e. The highest BCUT2D eigenvalue weighted by Gasteiger charge is 2.31. The molecule has 1 unspecified atom stereocenters. The molecule has 0 saturated carbocycles. The SMILES string of the molecule is Cc1noc2ncc(S(=O)(=O)N(C)C(c3ccccc3)C(C)C)cc12. The summed E-state index contributed by atoms with van der Waals surface area (Å²) >= 11 is 0. The van der Waals surface area contributed by atoms with Gasteiger partial charge in [0.1, 0.15) is 4.90 Å². The minimum atomic E-state index is -3.72. The Morgan fingerprint density at radius 3 is 2.48 bits per heavy atom. The molecular formula is C18H21N3O3S. The maximum atomic E-state index is 13.2. The van der Waals surface area contributed by atoms with Gasteiger partial charge in [-0.15, -0.1) is 0 Å². The van der Waals surface area contributed by atoms with Crippen molar-refractivity contribution in [1.29, 1.82) is 0 Å². The van der Waals surface area contributed by atoms with Gasteiger partial charge in [0.15, 0.2) is 0 Å². The maximum absolute atomic E-state index is 13.2.